The maximum absolute atomic E-state index is 14.4. The standard InChI is InChI=1S/C29H26ClFN2O7/c1-29-17(27(37)33(28(29)38)12-4-7-19(31)18(30)8-12)11-16-14(5-6-15-22(16)26(36)32-25(15)35)24(29)23-20(34)9-13(39-2)10-21(23)40-3/h4-5,7-10,15-17,22,24,34H,6,11H2,1-3H3,(H,32,35,36). The number of amides is 4. The van der Waals surface area contributed by atoms with Gasteiger partial charge in [-0.3, -0.25) is 24.5 Å². The summed E-state index contributed by atoms with van der Waals surface area (Å²) in [7, 11) is 2.85. The number of anilines is 1. The fraction of sp³-hybridized carbons (Fsp3) is 0.379. The lowest BCUT2D eigenvalue weighted by atomic mass is 9.51. The molecule has 3 fully saturated rings. The Morgan fingerprint density at radius 2 is 1.82 bits per heavy atom. The Kier molecular flexibility index (Phi) is 5.96. The molecule has 2 aliphatic carbocycles. The number of phenolic OH excluding ortho intramolecular Hbond substituents is 1. The van der Waals surface area contributed by atoms with Crippen LogP contribution in [0.1, 0.15) is 31.2 Å². The molecule has 0 bridgehead atoms. The van der Waals surface area contributed by atoms with Crippen molar-refractivity contribution in [3.63, 3.8) is 0 Å². The number of imide groups is 2. The number of methoxy groups -OCH3 is 2. The highest BCUT2D eigenvalue weighted by atomic mass is 35.5. The van der Waals surface area contributed by atoms with Crippen molar-refractivity contribution in [2.24, 2.45) is 29.1 Å². The normalized spacial score (nSPS) is 30.9. The molecule has 6 rings (SSSR count). The second-order valence-electron chi connectivity index (χ2n) is 10.9. The molecule has 4 amide bonds. The summed E-state index contributed by atoms with van der Waals surface area (Å²) < 4.78 is 24.9. The van der Waals surface area contributed by atoms with Crippen LogP contribution in [-0.2, 0) is 19.2 Å². The van der Waals surface area contributed by atoms with Crippen molar-refractivity contribution in [2.45, 2.75) is 25.7 Å². The Hall–Kier alpha value is -3.92. The van der Waals surface area contributed by atoms with Crippen molar-refractivity contribution in [3.05, 3.63) is 58.4 Å². The molecular weight excluding hydrogens is 543 g/mol. The summed E-state index contributed by atoms with van der Waals surface area (Å²) in [4.78, 5) is 55.0. The molecule has 11 heteroatoms. The Morgan fingerprint density at radius 1 is 1.07 bits per heavy atom. The lowest BCUT2D eigenvalue weighted by molar-refractivity contribution is -0.131. The van der Waals surface area contributed by atoms with E-state index in [0.717, 1.165) is 11.0 Å². The molecule has 6 atom stereocenters. The fourth-order valence-electron chi connectivity index (χ4n) is 7.27. The van der Waals surface area contributed by atoms with Crippen molar-refractivity contribution in [1.29, 1.82) is 0 Å². The van der Waals surface area contributed by atoms with Crippen molar-refractivity contribution < 1.29 is 38.1 Å². The molecule has 208 valence electrons. The number of phenols is 1. The van der Waals surface area contributed by atoms with Gasteiger partial charge >= 0.3 is 0 Å². The quantitative estimate of drug-likeness (QED) is 0.426. The van der Waals surface area contributed by atoms with Crippen LogP contribution < -0.4 is 19.7 Å². The Morgan fingerprint density at radius 3 is 2.50 bits per heavy atom. The van der Waals surface area contributed by atoms with Crippen LogP contribution in [0.5, 0.6) is 17.2 Å². The topological polar surface area (TPSA) is 122 Å². The smallest absolute Gasteiger partial charge is 0.241 e. The third-order valence-corrected chi connectivity index (χ3v) is 9.41. The number of allylic oxidation sites excluding steroid dienone is 2. The number of fused-ring (bicyclic) bond motifs is 4. The number of rotatable bonds is 4. The predicted octanol–water partition coefficient (Wildman–Crippen LogP) is 3.72. The molecular formula is C29H26ClFN2O7. The highest BCUT2D eigenvalue weighted by molar-refractivity contribution is 6.31. The number of benzene rings is 2. The van der Waals surface area contributed by atoms with Gasteiger partial charge in [0.05, 0.1) is 48.1 Å². The third kappa shape index (κ3) is 3.44. The average molecular weight is 569 g/mol. The molecule has 2 saturated heterocycles. The minimum atomic E-state index is -1.43. The average Bonchev–Trinajstić information content (AvgIpc) is 3.32. The summed E-state index contributed by atoms with van der Waals surface area (Å²) in [5.41, 5.74) is -0.352. The summed E-state index contributed by atoms with van der Waals surface area (Å²) in [6.07, 6.45) is 2.26. The maximum Gasteiger partial charge on any atom is 0.241 e. The molecule has 0 spiro atoms. The molecule has 2 N–H and O–H groups in total. The van der Waals surface area contributed by atoms with E-state index in [0.29, 0.717) is 11.3 Å². The van der Waals surface area contributed by atoms with Gasteiger partial charge in [0.15, 0.2) is 0 Å². The summed E-state index contributed by atoms with van der Waals surface area (Å²) in [6, 6.07) is 6.59. The molecule has 4 aliphatic rings. The second-order valence-corrected chi connectivity index (χ2v) is 11.3. The van der Waals surface area contributed by atoms with Gasteiger partial charge in [0, 0.05) is 23.6 Å². The minimum absolute atomic E-state index is 0.116. The van der Waals surface area contributed by atoms with Gasteiger partial charge in [-0.1, -0.05) is 23.3 Å². The van der Waals surface area contributed by atoms with Crippen LogP contribution in [0.25, 0.3) is 0 Å². The molecule has 6 unspecified atom stereocenters. The number of hydrogen-bond donors (Lipinski definition) is 2. The third-order valence-electron chi connectivity index (χ3n) is 9.12. The zero-order valence-corrected chi connectivity index (χ0v) is 22.6. The Balaban J connectivity index is 1.59. The molecule has 40 heavy (non-hydrogen) atoms. The van der Waals surface area contributed by atoms with E-state index in [1.807, 2.05) is 6.08 Å². The van der Waals surface area contributed by atoms with Crippen molar-refractivity contribution in [3.8, 4) is 17.2 Å². The van der Waals surface area contributed by atoms with E-state index in [1.165, 1.54) is 32.4 Å². The van der Waals surface area contributed by atoms with Gasteiger partial charge in [0.1, 0.15) is 23.1 Å². The van der Waals surface area contributed by atoms with E-state index >= 15 is 0 Å². The van der Waals surface area contributed by atoms with Crippen molar-refractivity contribution >= 4 is 40.9 Å². The molecule has 2 heterocycles. The van der Waals surface area contributed by atoms with Crippen LogP contribution in [0.4, 0.5) is 10.1 Å². The summed E-state index contributed by atoms with van der Waals surface area (Å²) in [5.74, 6) is -5.88. The number of aromatic hydroxyl groups is 1. The van der Waals surface area contributed by atoms with Crippen LogP contribution in [0.3, 0.4) is 0 Å². The first-order chi connectivity index (χ1) is 19.0. The van der Waals surface area contributed by atoms with Gasteiger partial charge in [-0.05, 0) is 43.9 Å². The molecule has 0 radical (unpaired) electrons. The van der Waals surface area contributed by atoms with Gasteiger partial charge < -0.3 is 14.6 Å². The molecule has 9 nitrogen and oxygen atoms in total. The summed E-state index contributed by atoms with van der Waals surface area (Å²) >= 11 is 6.01. The second kappa shape index (κ2) is 9.05. The molecule has 1 saturated carbocycles. The number of carbonyl (C=O) groups excluding carboxylic acids is 4. The highest BCUT2D eigenvalue weighted by Crippen LogP contribution is 2.65. The van der Waals surface area contributed by atoms with Crippen LogP contribution in [0, 0.1) is 34.9 Å². The van der Waals surface area contributed by atoms with Gasteiger partial charge in [0.2, 0.25) is 23.6 Å². The Labute approximate surface area is 233 Å². The lowest BCUT2D eigenvalue weighted by Gasteiger charge is -2.49. The molecule has 2 aromatic rings. The number of halogens is 2. The van der Waals surface area contributed by atoms with Crippen molar-refractivity contribution in [1.82, 2.24) is 5.32 Å². The number of hydrogen-bond acceptors (Lipinski definition) is 7. The van der Waals surface area contributed by atoms with E-state index in [-0.39, 0.29) is 46.5 Å². The van der Waals surface area contributed by atoms with Gasteiger partial charge in [-0.2, -0.15) is 0 Å². The number of carbonyl (C=O) groups is 4. The van der Waals surface area contributed by atoms with E-state index in [1.54, 1.807) is 13.0 Å². The highest BCUT2D eigenvalue weighted by Gasteiger charge is 2.67. The van der Waals surface area contributed by atoms with Crippen LogP contribution in [0.2, 0.25) is 5.02 Å². The lowest BCUT2D eigenvalue weighted by Crippen LogP contribution is -2.49. The summed E-state index contributed by atoms with van der Waals surface area (Å²) in [5, 5.41) is 13.5. The maximum atomic E-state index is 14.4. The van der Waals surface area contributed by atoms with E-state index in [9.17, 15) is 28.7 Å². The first kappa shape index (κ1) is 26.3. The number of ether oxygens (including phenoxy) is 2. The van der Waals surface area contributed by atoms with Crippen LogP contribution in [0.15, 0.2) is 42.0 Å². The van der Waals surface area contributed by atoms with Crippen molar-refractivity contribution in [2.75, 3.05) is 19.1 Å². The predicted molar refractivity (Wildman–Crippen MR) is 140 cm³/mol. The molecule has 2 aliphatic heterocycles. The zero-order chi connectivity index (χ0) is 28.7. The van der Waals surface area contributed by atoms with Crippen LogP contribution >= 0.6 is 11.6 Å². The first-order valence-electron chi connectivity index (χ1n) is 12.9. The zero-order valence-electron chi connectivity index (χ0n) is 21.9. The Bertz CT molecular complexity index is 1540. The fourth-order valence-corrected chi connectivity index (χ4v) is 7.44. The number of nitrogens with one attached hydrogen (secondary N) is 1. The molecule has 0 aromatic heterocycles. The van der Waals surface area contributed by atoms with Gasteiger partial charge in [-0.25, -0.2) is 9.29 Å². The molecule has 2 aromatic carbocycles. The number of nitrogens with zero attached hydrogens (tertiary/aromatic N) is 1. The van der Waals surface area contributed by atoms with E-state index in [4.69, 9.17) is 21.1 Å². The summed E-state index contributed by atoms with van der Waals surface area (Å²) in [6.45, 7) is 1.67. The largest absolute Gasteiger partial charge is 0.507 e. The van der Waals surface area contributed by atoms with Crippen LogP contribution in [-0.4, -0.2) is 43.0 Å². The van der Waals surface area contributed by atoms with E-state index in [2.05, 4.69) is 5.32 Å². The minimum Gasteiger partial charge on any atom is -0.507 e. The monoisotopic (exact) mass is 568 g/mol. The SMILES string of the molecule is COc1cc(O)c(C2C3=CCC4C(=O)NC(=O)C4C3CC3C(=O)N(c4ccc(F)c(Cl)c4)C(=O)C32C)c(OC)c1. The van der Waals surface area contributed by atoms with Gasteiger partial charge in [0.25, 0.3) is 0 Å². The van der Waals surface area contributed by atoms with Gasteiger partial charge in [-0.15, -0.1) is 0 Å². The van der Waals surface area contributed by atoms with E-state index < -0.39 is 58.5 Å². The first-order valence-corrected chi connectivity index (χ1v) is 13.2.